The zero-order valence-electron chi connectivity index (χ0n) is 12.6. The lowest BCUT2D eigenvalue weighted by Gasteiger charge is -2.14. The van der Waals surface area contributed by atoms with Crippen molar-refractivity contribution in [3.63, 3.8) is 0 Å². The van der Waals surface area contributed by atoms with Gasteiger partial charge in [-0.25, -0.2) is 0 Å². The molecule has 0 aromatic rings. The molecule has 0 aromatic heterocycles. The van der Waals surface area contributed by atoms with Crippen LogP contribution in [0.25, 0.3) is 0 Å². The van der Waals surface area contributed by atoms with Crippen molar-refractivity contribution in [2.45, 2.75) is 53.0 Å². The summed E-state index contributed by atoms with van der Waals surface area (Å²) in [5.41, 5.74) is 0. The van der Waals surface area contributed by atoms with Gasteiger partial charge < -0.3 is 15.4 Å². The number of hydrogen-bond acceptors (Lipinski definition) is 4. The highest BCUT2D eigenvalue weighted by Crippen LogP contribution is 1.97. The second kappa shape index (κ2) is 10.8. The minimum absolute atomic E-state index is 0.0109. The molecule has 112 valence electrons. The fourth-order valence-electron chi connectivity index (χ4n) is 1.51. The molecule has 0 aliphatic carbocycles. The number of hydrogen-bond donors (Lipinski definition) is 2. The molecule has 0 fully saturated rings. The van der Waals surface area contributed by atoms with Crippen LogP contribution in [0, 0.1) is 5.92 Å². The summed E-state index contributed by atoms with van der Waals surface area (Å²) in [5, 5.41) is 5.99. The van der Waals surface area contributed by atoms with Crippen LogP contribution in [0.1, 0.15) is 47.0 Å². The van der Waals surface area contributed by atoms with Gasteiger partial charge in [-0.05, 0) is 39.2 Å². The summed E-state index contributed by atoms with van der Waals surface area (Å²) >= 11 is 0. The minimum Gasteiger partial charge on any atom is -0.466 e. The first-order valence-corrected chi connectivity index (χ1v) is 7.14. The first-order valence-electron chi connectivity index (χ1n) is 7.14. The Morgan fingerprint density at radius 3 is 2.42 bits per heavy atom. The van der Waals surface area contributed by atoms with Crippen LogP contribution in [0.15, 0.2) is 0 Å². The third-order valence-corrected chi connectivity index (χ3v) is 2.73. The second-order valence-electron chi connectivity index (χ2n) is 5.06. The van der Waals surface area contributed by atoms with E-state index in [1.807, 2.05) is 6.92 Å². The van der Waals surface area contributed by atoms with Crippen molar-refractivity contribution in [2.24, 2.45) is 5.92 Å². The predicted molar refractivity (Wildman–Crippen MR) is 75.8 cm³/mol. The molecule has 0 aromatic carbocycles. The third kappa shape index (κ3) is 10.5. The molecule has 0 saturated heterocycles. The Bertz CT molecular complexity index is 267. The van der Waals surface area contributed by atoms with E-state index in [2.05, 4.69) is 24.5 Å². The highest BCUT2D eigenvalue weighted by Gasteiger charge is 2.11. The van der Waals surface area contributed by atoms with E-state index in [0.717, 1.165) is 6.42 Å². The largest absolute Gasteiger partial charge is 0.466 e. The van der Waals surface area contributed by atoms with E-state index in [9.17, 15) is 9.59 Å². The van der Waals surface area contributed by atoms with Gasteiger partial charge in [-0.2, -0.15) is 0 Å². The molecule has 0 heterocycles. The summed E-state index contributed by atoms with van der Waals surface area (Å²) in [6.07, 6.45) is 2.06. The molecular formula is C14H28N2O3. The molecule has 0 bridgehead atoms. The fraction of sp³-hybridized carbons (Fsp3) is 0.857. The minimum atomic E-state index is -0.227. The van der Waals surface area contributed by atoms with Crippen molar-refractivity contribution in [2.75, 3.05) is 19.7 Å². The molecule has 1 amide bonds. The van der Waals surface area contributed by atoms with Crippen molar-refractivity contribution >= 4 is 11.9 Å². The molecule has 5 nitrogen and oxygen atoms in total. The van der Waals surface area contributed by atoms with Crippen molar-refractivity contribution in [3.05, 3.63) is 0 Å². The molecule has 19 heavy (non-hydrogen) atoms. The number of nitrogens with one attached hydrogen (secondary N) is 2. The number of esters is 1. The van der Waals surface area contributed by atoms with Gasteiger partial charge in [0.05, 0.1) is 12.6 Å². The van der Waals surface area contributed by atoms with E-state index in [0.29, 0.717) is 38.5 Å². The van der Waals surface area contributed by atoms with Gasteiger partial charge in [0.15, 0.2) is 0 Å². The Hall–Kier alpha value is -1.10. The Labute approximate surface area is 116 Å². The van der Waals surface area contributed by atoms with E-state index >= 15 is 0 Å². The van der Waals surface area contributed by atoms with Gasteiger partial charge in [0.25, 0.3) is 0 Å². The Morgan fingerprint density at radius 2 is 1.84 bits per heavy atom. The molecule has 0 spiro atoms. The predicted octanol–water partition coefficient (Wildman–Crippen LogP) is 1.47. The van der Waals surface area contributed by atoms with Gasteiger partial charge in [-0.15, -0.1) is 0 Å². The van der Waals surface area contributed by atoms with E-state index in [1.165, 1.54) is 0 Å². The molecule has 2 N–H and O–H groups in total. The van der Waals surface area contributed by atoms with Crippen molar-refractivity contribution in [1.82, 2.24) is 10.6 Å². The standard InChI is InChI=1S/C14H28N2O3/c1-5-19-13(17)7-6-9-15-12(4)14(18)16-10-8-11(2)3/h11-12,15H,5-10H2,1-4H3,(H,16,18). The van der Waals surface area contributed by atoms with Crippen molar-refractivity contribution in [1.29, 1.82) is 0 Å². The maximum atomic E-state index is 11.7. The molecule has 5 heteroatoms. The van der Waals surface area contributed by atoms with Crippen LogP contribution in [0.5, 0.6) is 0 Å². The Morgan fingerprint density at radius 1 is 1.16 bits per heavy atom. The van der Waals surface area contributed by atoms with Gasteiger partial charge in [0, 0.05) is 13.0 Å². The van der Waals surface area contributed by atoms with Crippen molar-refractivity contribution < 1.29 is 14.3 Å². The van der Waals surface area contributed by atoms with Gasteiger partial charge in [-0.1, -0.05) is 13.8 Å². The van der Waals surface area contributed by atoms with Gasteiger partial charge in [-0.3, -0.25) is 9.59 Å². The van der Waals surface area contributed by atoms with Gasteiger partial charge in [0.2, 0.25) is 5.91 Å². The van der Waals surface area contributed by atoms with Crippen LogP contribution >= 0.6 is 0 Å². The molecule has 0 rings (SSSR count). The van der Waals surface area contributed by atoms with Crippen LogP contribution in [0.4, 0.5) is 0 Å². The molecule has 0 saturated carbocycles. The second-order valence-corrected chi connectivity index (χ2v) is 5.06. The number of ether oxygens (including phenoxy) is 1. The van der Waals surface area contributed by atoms with E-state index in [-0.39, 0.29) is 17.9 Å². The van der Waals surface area contributed by atoms with E-state index in [1.54, 1.807) is 6.92 Å². The zero-order valence-corrected chi connectivity index (χ0v) is 12.6. The van der Waals surface area contributed by atoms with Crippen molar-refractivity contribution in [3.8, 4) is 0 Å². The summed E-state index contributed by atoms with van der Waals surface area (Å²) in [6, 6.07) is -0.227. The van der Waals surface area contributed by atoms with Gasteiger partial charge in [0.1, 0.15) is 0 Å². The Kier molecular flexibility index (Phi) is 10.2. The molecule has 0 aliphatic heterocycles. The lowest BCUT2D eigenvalue weighted by molar-refractivity contribution is -0.143. The van der Waals surface area contributed by atoms with Crippen LogP contribution < -0.4 is 10.6 Å². The third-order valence-electron chi connectivity index (χ3n) is 2.73. The van der Waals surface area contributed by atoms with E-state index < -0.39 is 0 Å². The average Bonchev–Trinajstić information content (AvgIpc) is 2.34. The summed E-state index contributed by atoms with van der Waals surface area (Å²) in [7, 11) is 0. The molecule has 0 aliphatic rings. The smallest absolute Gasteiger partial charge is 0.305 e. The molecule has 1 unspecified atom stereocenters. The maximum absolute atomic E-state index is 11.7. The first-order chi connectivity index (χ1) is 8.97. The van der Waals surface area contributed by atoms with Crippen LogP contribution in [0.2, 0.25) is 0 Å². The first kappa shape index (κ1) is 17.9. The number of carbonyl (C=O) groups is 2. The summed E-state index contributed by atoms with van der Waals surface area (Å²) in [4.78, 5) is 22.8. The maximum Gasteiger partial charge on any atom is 0.305 e. The van der Waals surface area contributed by atoms with E-state index in [4.69, 9.17) is 4.74 Å². The molecular weight excluding hydrogens is 244 g/mol. The normalized spacial score (nSPS) is 12.3. The number of carbonyl (C=O) groups excluding carboxylic acids is 2. The summed E-state index contributed by atoms with van der Waals surface area (Å²) < 4.78 is 4.83. The quantitative estimate of drug-likeness (QED) is 0.467. The Balaban J connectivity index is 3.59. The molecule has 1 atom stereocenters. The fourth-order valence-corrected chi connectivity index (χ4v) is 1.51. The highest BCUT2D eigenvalue weighted by atomic mass is 16.5. The lowest BCUT2D eigenvalue weighted by atomic mass is 10.1. The topological polar surface area (TPSA) is 67.4 Å². The number of rotatable bonds is 10. The molecule has 0 radical (unpaired) electrons. The zero-order chi connectivity index (χ0) is 14.7. The number of amides is 1. The SMILES string of the molecule is CCOC(=O)CCCNC(C)C(=O)NCCC(C)C. The van der Waals surface area contributed by atoms with Crippen LogP contribution in [-0.2, 0) is 14.3 Å². The highest BCUT2D eigenvalue weighted by molar-refractivity contribution is 5.81. The van der Waals surface area contributed by atoms with Crippen LogP contribution in [-0.4, -0.2) is 37.6 Å². The monoisotopic (exact) mass is 272 g/mol. The van der Waals surface area contributed by atoms with Gasteiger partial charge >= 0.3 is 5.97 Å². The lowest BCUT2D eigenvalue weighted by Crippen LogP contribution is -2.43. The summed E-state index contributed by atoms with van der Waals surface area (Å²) in [5.74, 6) is 0.420. The average molecular weight is 272 g/mol. The van der Waals surface area contributed by atoms with Crippen LogP contribution in [0.3, 0.4) is 0 Å². The summed E-state index contributed by atoms with van der Waals surface area (Å²) in [6.45, 7) is 9.64.